The molecule has 1 rings (SSSR count). The first-order chi connectivity index (χ1) is 8.75. The highest BCUT2D eigenvalue weighted by molar-refractivity contribution is 5.80. The van der Waals surface area contributed by atoms with Gasteiger partial charge in [-0.1, -0.05) is 32.0 Å². The molecule has 0 saturated carbocycles. The average Bonchev–Trinajstić information content (AvgIpc) is 2.35. The van der Waals surface area contributed by atoms with Crippen molar-refractivity contribution in [3.8, 4) is 0 Å². The summed E-state index contributed by atoms with van der Waals surface area (Å²) in [6, 6.07) is 5.43. The molecular formula is C15H20O4. The lowest BCUT2D eigenvalue weighted by molar-refractivity contribution is -0.140. The van der Waals surface area contributed by atoms with Crippen LogP contribution in [0, 0.1) is 0 Å². The summed E-state index contributed by atoms with van der Waals surface area (Å²) < 4.78 is 0. The van der Waals surface area contributed by atoms with Crippen LogP contribution in [0.25, 0.3) is 0 Å². The molecule has 1 aromatic rings. The molecule has 4 heteroatoms. The van der Waals surface area contributed by atoms with Gasteiger partial charge in [-0.25, -0.2) is 0 Å². The van der Waals surface area contributed by atoms with Crippen molar-refractivity contribution in [2.24, 2.45) is 0 Å². The standard InChI is InChI=1S/C15H20O4/c1-8(2)11-5-6-12(9(3)14(16)17)13(7-11)10(4)15(18)19/h5-10H,1-4H3,(H,16,17)(H,18,19). The maximum absolute atomic E-state index is 11.2. The van der Waals surface area contributed by atoms with Gasteiger partial charge in [-0.2, -0.15) is 0 Å². The summed E-state index contributed by atoms with van der Waals surface area (Å²) in [6.07, 6.45) is 0. The number of rotatable bonds is 5. The molecule has 1 aromatic carbocycles. The SMILES string of the molecule is CC(C)c1ccc(C(C)C(=O)O)c(C(C)C(=O)O)c1. The van der Waals surface area contributed by atoms with Crippen LogP contribution < -0.4 is 0 Å². The zero-order chi connectivity index (χ0) is 14.7. The van der Waals surface area contributed by atoms with Crippen molar-refractivity contribution in [3.63, 3.8) is 0 Å². The summed E-state index contributed by atoms with van der Waals surface area (Å²) in [5, 5.41) is 18.3. The molecular weight excluding hydrogens is 244 g/mol. The van der Waals surface area contributed by atoms with Gasteiger partial charge in [0.05, 0.1) is 11.8 Å². The Balaban J connectivity index is 3.38. The minimum atomic E-state index is -0.948. The third-order valence-corrected chi connectivity index (χ3v) is 3.45. The quantitative estimate of drug-likeness (QED) is 0.856. The second-order valence-corrected chi connectivity index (χ2v) is 5.16. The largest absolute Gasteiger partial charge is 0.481 e. The molecule has 0 aliphatic rings. The zero-order valence-corrected chi connectivity index (χ0v) is 11.7. The van der Waals surface area contributed by atoms with Crippen LogP contribution in [0.3, 0.4) is 0 Å². The van der Waals surface area contributed by atoms with E-state index in [9.17, 15) is 9.59 Å². The molecule has 2 unspecified atom stereocenters. The van der Waals surface area contributed by atoms with Crippen molar-refractivity contribution >= 4 is 11.9 Å². The van der Waals surface area contributed by atoms with E-state index in [-0.39, 0.29) is 5.92 Å². The topological polar surface area (TPSA) is 74.6 Å². The Morgan fingerprint density at radius 3 is 1.79 bits per heavy atom. The molecule has 19 heavy (non-hydrogen) atoms. The van der Waals surface area contributed by atoms with Crippen LogP contribution >= 0.6 is 0 Å². The molecule has 0 fully saturated rings. The third-order valence-electron chi connectivity index (χ3n) is 3.45. The fraction of sp³-hybridized carbons (Fsp3) is 0.467. The van der Waals surface area contributed by atoms with Gasteiger partial charge >= 0.3 is 11.9 Å². The van der Waals surface area contributed by atoms with Crippen LogP contribution in [0.4, 0.5) is 0 Å². The Morgan fingerprint density at radius 2 is 1.37 bits per heavy atom. The van der Waals surface area contributed by atoms with E-state index >= 15 is 0 Å². The van der Waals surface area contributed by atoms with Crippen LogP contribution in [-0.4, -0.2) is 22.2 Å². The number of carbonyl (C=O) groups is 2. The third kappa shape index (κ3) is 3.34. The van der Waals surface area contributed by atoms with Crippen LogP contribution in [0.5, 0.6) is 0 Å². The predicted octanol–water partition coefficient (Wildman–Crippen LogP) is 3.19. The number of aliphatic carboxylic acids is 2. The summed E-state index contributed by atoms with van der Waals surface area (Å²) in [4.78, 5) is 22.3. The fourth-order valence-corrected chi connectivity index (χ4v) is 1.99. The Bertz CT molecular complexity index is 491. The number of carboxylic acid groups (broad SMARTS) is 2. The first-order valence-electron chi connectivity index (χ1n) is 6.35. The van der Waals surface area contributed by atoms with Crippen molar-refractivity contribution in [3.05, 3.63) is 34.9 Å². The molecule has 2 atom stereocenters. The van der Waals surface area contributed by atoms with Crippen molar-refractivity contribution in [1.82, 2.24) is 0 Å². The van der Waals surface area contributed by atoms with E-state index in [4.69, 9.17) is 10.2 Å². The first-order valence-corrected chi connectivity index (χ1v) is 6.35. The number of carboxylic acids is 2. The van der Waals surface area contributed by atoms with Crippen molar-refractivity contribution in [2.45, 2.75) is 45.4 Å². The Kier molecular flexibility index (Phi) is 4.70. The summed E-state index contributed by atoms with van der Waals surface area (Å²) in [5.74, 6) is -3.04. The number of hydrogen-bond donors (Lipinski definition) is 2. The van der Waals surface area contributed by atoms with E-state index in [0.717, 1.165) is 5.56 Å². The average molecular weight is 264 g/mol. The summed E-state index contributed by atoms with van der Waals surface area (Å²) in [6.45, 7) is 7.19. The van der Waals surface area contributed by atoms with Gasteiger partial charge in [-0.15, -0.1) is 0 Å². The maximum atomic E-state index is 11.2. The van der Waals surface area contributed by atoms with Gasteiger partial charge in [-0.05, 0) is 36.5 Å². The zero-order valence-electron chi connectivity index (χ0n) is 11.7. The molecule has 0 aromatic heterocycles. The van der Waals surface area contributed by atoms with E-state index in [1.54, 1.807) is 19.9 Å². The van der Waals surface area contributed by atoms with Crippen LogP contribution in [0.1, 0.15) is 62.1 Å². The van der Waals surface area contributed by atoms with Gasteiger partial charge in [0.15, 0.2) is 0 Å². The first kappa shape index (κ1) is 15.2. The molecule has 0 aliphatic carbocycles. The van der Waals surface area contributed by atoms with E-state index in [1.165, 1.54) is 0 Å². The summed E-state index contributed by atoms with van der Waals surface area (Å²) in [7, 11) is 0. The second-order valence-electron chi connectivity index (χ2n) is 5.16. The minimum absolute atomic E-state index is 0.272. The molecule has 0 saturated heterocycles. The molecule has 0 aliphatic heterocycles. The molecule has 0 radical (unpaired) electrons. The van der Waals surface area contributed by atoms with E-state index in [1.807, 2.05) is 26.0 Å². The number of benzene rings is 1. The lowest BCUT2D eigenvalue weighted by Gasteiger charge is -2.18. The second kappa shape index (κ2) is 5.87. The van der Waals surface area contributed by atoms with Crippen LogP contribution in [0.2, 0.25) is 0 Å². The normalized spacial score (nSPS) is 14.2. The van der Waals surface area contributed by atoms with E-state index in [2.05, 4.69) is 0 Å². The van der Waals surface area contributed by atoms with Gasteiger partial charge in [0, 0.05) is 0 Å². The Labute approximate surface area is 113 Å². The highest BCUT2D eigenvalue weighted by atomic mass is 16.4. The Hall–Kier alpha value is -1.84. The highest BCUT2D eigenvalue weighted by Gasteiger charge is 2.24. The molecule has 104 valence electrons. The van der Waals surface area contributed by atoms with Gasteiger partial charge in [0.1, 0.15) is 0 Å². The summed E-state index contributed by atoms with van der Waals surface area (Å²) >= 11 is 0. The van der Waals surface area contributed by atoms with Crippen molar-refractivity contribution in [2.75, 3.05) is 0 Å². The number of hydrogen-bond acceptors (Lipinski definition) is 2. The van der Waals surface area contributed by atoms with Gasteiger partial charge in [0.2, 0.25) is 0 Å². The molecule has 0 amide bonds. The monoisotopic (exact) mass is 264 g/mol. The van der Waals surface area contributed by atoms with E-state index < -0.39 is 23.8 Å². The molecule has 0 heterocycles. The van der Waals surface area contributed by atoms with Gasteiger partial charge in [-0.3, -0.25) is 9.59 Å². The van der Waals surface area contributed by atoms with Gasteiger partial charge < -0.3 is 10.2 Å². The maximum Gasteiger partial charge on any atom is 0.310 e. The van der Waals surface area contributed by atoms with Crippen molar-refractivity contribution in [1.29, 1.82) is 0 Å². The lowest BCUT2D eigenvalue weighted by Crippen LogP contribution is -2.15. The molecule has 0 spiro atoms. The molecule has 0 bridgehead atoms. The predicted molar refractivity (Wildman–Crippen MR) is 72.6 cm³/mol. The molecule has 2 N–H and O–H groups in total. The Morgan fingerprint density at radius 1 is 0.895 bits per heavy atom. The smallest absolute Gasteiger partial charge is 0.310 e. The van der Waals surface area contributed by atoms with Crippen LogP contribution in [0.15, 0.2) is 18.2 Å². The van der Waals surface area contributed by atoms with Crippen LogP contribution in [-0.2, 0) is 9.59 Å². The lowest BCUT2D eigenvalue weighted by atomic mass is 9.86. The van der Waals surface area contributed by atoms with E-state index in [0.29, 0.717) is 11.1 Å². The summed E-state index contributed by atoms with van der Waals surface area (Å²) in [5.41, 5.74) is 2.19. The van der Waals surface area contributed by atoms with Gasteiger partial charge in [0.25, 0.3) is 0 Å². The minimum Gasteiger partial charge on any atom is -0.481 e. The highest BCUT2D eigenvalue weighted by Crippen LogP contribution is 2.30. The fourth-order valence-electron chi connectivity index (χ4n) is 1.99. The molecule has 4 nitrogen and oxygen atoms in total. The van der Waals surface area contributed by atoms with Crippen molar-refractivity contribution < 1.29 is 19.8 Å².